The zero-order valence-corrected chi connectivity index (χ0v) is 14.3. The summed E-state index contributed by atoms with van der Waals surface area (Å²) in [5, 5.41) is 0. The number of rotatable bonds is 4. The number of carbonyl (C=O) groups is 3. The summed E-state index contributed by atoms with van der Waals surface area (Å²) in [5.41, 5.74) is 1.72. The van der Waals surface area contributed by atoms with E-state index >= 15 is 0 Å². The fraction of sp³-hybridized carbons (Fsp3) is 0.526. The number of hydrogen-bond donors (Lipinski definition) is 0. The molecule has 2 amide bonds. The lowest BCUT2D eigenvalue weighted by atomic mass is 10.1. The van der Waals surface area contributed by atoms with Gasteiger partial charge in [0.05, 0.1) is 13.0 Å². The minimum Gasteiger partial charge on any atom is -0.467 e. The van der Waals surface area contributed by atoms with Crippen LogP contribution in [0.25, 0.3) is 0 Å². The van der Waals surface area contributed by atoms with Crippen LogP contribution in [-0.2, 0) is 25.5 Å². The van der Waals surface area contributed by atoms with E-state index in [1.807, 2.05) is 29.2 Å². The van der Waals surface area contributed by atoms with Crippen molar-refractivity contribution >= 4 is 23.5 Å². The second-order valence-electron chi connectivity index (χ2n) is 7.22. The molecule has 1 saturated carbocycles. The predicted octanol–water partition coefficient (Wildman–Crippen LogP) is 1.38. The SMILES string of the molecule is COC(=O)[C@H]1Cc2ccccc2N1C(=O)[C@@H]1CC(=O)N(CC2CC2)C1. The quantitative estimate of drug-likeness (QED) is 0.775. The molecule has 2 fully saturated rings. The Bertz CT molecular complexity index is 728. The fourth-order valence-electron chi connectivity index (χ4n) is 3.91. The Morgan fingerprint density at radius 3 is 2.68 bits per heavy atom. The Balaban J connectivity index is 1.56. The Kier molecular flexibility index (Phi) is 3.98. The molecule has 4 rings (SSSR count). The third-order valence-corrected chi connectivity index (χ3v) is 5.43. The average molecular weight is 342 g/mol. The van der Waals surface area contributed by atoms with Crippen LogP contribution in [0.3, 0.4) is 0 Å². The molecule has 1 saturated heterocycles. The number of anilines is 1. The van der Waals surface area contributed by atoms with Gasteiger partial charge in [0.2, 0.25) is 11.8 Å². The number of ether oxygens (including phenoxy) is 1. The van der Waals surface area contributed by atoms with E-state index in [0.717, 1.165) is 17.8 Å². The van der Waals surface area contributed by atoms with Gasteiger partial charge in [-0.3, -0.25) is 14.5 Å². The summed E-state index contributed by atoms with van der Waals surface area (Å²) in [6, 6.07) is 6.91. The summed E-state index contributed by atoms with van der Waals surface area (Å²) in [4.78, 5) is 41.0. The smallest absolute Gasteiger partial charge is 0.329 e. The lowest BCUT2D eigenvalue weighted by Gasteiger charge is -2.26. The Morgan fingerprint density at radius 2 is 1.96 bits per heavy atom. The molecule has 1 aromatic rings. The van der Waals surface area contributed by atoms with Gasteiger partial charge in [-0.2, -0.15) is 0 Å². The maximum absolute atomic E-state index is 13.2. The molecule has 1 aliphatic carbocycles. The molecule has 2 atom stereocenters. The molecule has 6 heteroatoms. The summed E-state index contributed by atoms with van der Waals surface area (Å²) in [7, 11) is 1.34. The normalized spacial score (nSPS) is 25.2. The van der Waals surface area contributed by atoms with Crippen molar-refractivity contribution in [2.45, 2.75) is 31.7 Å². The number of methoxy groups -OCH3 is 1. The molecule has 0 unspecified atom stereocenters. The van der Waals surface area contributed by atoms with E-state index in [1.54, 1.807) is 4.90 Å². The van der Waals surface area contributed by atoms with E-state index in [0.29, 0.717) is 18.9 Å². The van der Waals surface area contributed by atoms with Crippen molar-refractivity contribution < 1.29 is 19.1 Å². The van der Waals surface area contributed by atoms with E-state index in [9.17, 15) is 14.4 Å². The molecule has 0 radical (unpaired) electrons. The first kappa shape index (κ1) is 16.1. The molecule has 2 aliphatic heterocycles. The number of hydrogen-bond acceptors (Lipinski definition) is 4. The lowest BCUT2D eigenvalue weighted by Crippen LogP contribution is -2.46. The van der Waals surface area contributed by atoms with Gasteiger partial charge >= 0.3 is 5.97 Å². The van der Waals surface area contributed by atoms with Gasteiger partial charge in [0.1, 0.15) is 6.04 Å². The second kappa shape index (κ2) is 6.17. The molecule has 2 heterocycles. The number of para-hydroxylation sites is 1. The van der Waals surface area contributed by atoms with Crippen LogP contribution in [0.2, 0.25) is 0 Å². The van der Waals surface area contributed by atoms with Crippen LogP contribution < -0.4 is 4.90 Å². The lowest BCUT2D eigenvalue weighted by molar-refractivity contribution is -0.143. The largest absolute Gasteiger partial charge is 0.467 e. The van der Waals surface area contributed by atoms with Crippen LogP contribution in [0.4, 0.5) is 5.69 Å². The molecule has 0 spiro atoms. The highest BCUT2D eigenvalue weighted by atomic mass is 16.5. The first-order valence-electron chi connectivity index (χ1n) is 8.85. The third kappa shape index (κ3) is 2.90. The fourth-order valence-corrected chi connectivity index (χ4v) is 3.91. The average Bonchev–Trinajstić information content (AvgIpc) is 3.24. The van der Waals surface area contributed by atoms with Crippen molar-refractivity contribution in [3.63, 3.8) is 0 Å². The standard InChI is InChI=1S/C19H22N2O4/c1-25-19(24)16-8-13-4-2-3-5-15(13)21(16)18(23)14-9-17(22)20(11-14)10-12-6-7-12/h2-5,12,14,16H,6-11H2,1H3/t14-,16-/m1/s1. The van der Waals surface area contributed by atoms with E-state index in [-0.39, 0.29) is 24.2 Å². The molecule has 0 aromatic heterocycles. The second-order valence-corrected chi connectivity index (χ2v) is 7.22. The molecule has 1 aromatic carbocycles. The van der Waals surface area contributed by atoms with Crippen LogP contribution in [0.1, 0.15) is 24.8 Å². The van der Waals surface area contributed by atoms with Crippen LogP contribution in [0.5, 0.6) is 0 Å². The Morgan fingerprint density at radius 1 is 1.20 bits per heavy atom. The van der Waals surface area contributed by atoms with Crippen LogP contribution in [-0.4, -0.2) is 48.9 Å². The highest BCUT2D eigenvalue weighted by Crippen LogP contribution is 2.36. The van der Waals surface area contributed by atoms with Crippen molar-refractivity contribution in [2.75, 3.05) is 25.1 Å². The first-order valence-corrected chi connectivity index (χ1v) is 8.85. The molecule has 0 N–H and O–H groups in total. The van der Waals surface area contributed by atoms with Crippen molar-refractivity contribution in [2.24, 2.45) is 11.8 Å². The number of amides is 2. The minimum absolute atomic E-state index is 0.0485. The molecule has 132 valence electrons. The monoisotopic (exact) mass is 342 g/mol. The number of benzene rings is 1. The highest BCUT2D eigenvalue weighted by Gasteiger charge is 2.45. The van der Waals surface area contributed by atoms with E-state index in [2.05, 4.69) is 0 Å². The highest BCUT2D eigenvalue weighted by molar-refractivity contribution is 6.05. The van der Waals surface area contributed by atoms with Crippen LogP contribution in [0.15, 0.2) is 24.3 Å². The van der Waals surface area contributed by atoms with E-state index < -0.39 is 12.0 Å². The number of fused-ring (bicyclic) bond motifs is 1. The van der Waals surface area contributed by atoms with Crippen molar-refractivity contribution in [3.8, 4) is 0 Å². The van der Waals surface area contributed by atoms with Gasteiger partial charge in [-0.05, 0) is 30.4 Å². The summed E-state index contributed by atoms with van der Waals surface area (Å²) in [6.45, 7) is 1.22. The number of nitrogens with zero attached hydrogens (tertiary/aromatic N) is 2. The van der Waals surface area contributed by atoms with Gasteiger partial charge in [0, 0.05) is 31.6 Å². The Labute approximate surface area is 146 Å². The maximum Gasteiger partial charge on any atom is 0.329 e. The summed E-state index contributed by atoms with van der Waals surface area (Å²) < 4.78 is 4.90. The molecule has 3 aliphatic rings. The van der Waals surface area contributed by atoms with Gasteiger partial charge in [-0.15, -0.1) is 0 Å². The maximum atomic E-state index is 13.2. The summed E-state index contributed by atoms with van der Waals surface area (Å²) >= 11 is 0. The molecule has 25 heavy (non-hydrogen) atoms. The molecular formula is C19H22N2O4. The minimum atomic E-state index is -0.637. The van der Waals surface area contributed by atoms with Gasteiger partial charge in [-0.1, -0.05) is 18.2 Å². The van der Waals surface area contributed by atoms with E-state index in [1.165, 1.54) is 20.0 Å². The first-order chi connectivity index (χ1) is 12.1. The van der Waals surface area contributed by atoms with Crippen LogP contribution >= 0.6 is 0 Å². The van der Waals surface area contributed by atoms with Gasteiger partial charge in [-0.25, -0.2) is 4.79 Å². The third-order valence-electron chi connectivity index (χ3n) is 5.43. The number of esters is 1. The summed E-state index contributed by atoms with van der Waals surface area (Å²) in [5.74, 6) is -0.291. The van der Waals surface area contributed by atoms with Gasteiger partial charge in [0.15, 0.2) is 0 Å². The van der Waals surface area contributed by atoms with E-state index in [4.69, 9.17) is 4.74 Å². The molecule has 0 bridgehead atoms. The van der Waals surface area contributed by atoms with Crippen molar-refractivity contribution in [3.05, 3.63) is 29.8 Å². The zero-order valence-electron chi connectivity index (χ0n) is 14.3. The van der Waals surface area contributed by atoms with Crippen LogP contribution in [0, 0.1) is 11.8 Å². The van der Waals surface area contributed by atoms with Gasteiger partial charge in [0.25, 0.3) is 0 Å². The Hall–Kier alpha value is -2.37. The zero-order chi connectivity index (χ0) is 17.6. The predicted molar refractivity (Wildman–Crippen MR) is 90.8 cm³/mol. The van der Waals surface area contributed by atoms with Crippen molar-refractivity contribution in [1.82, 2.24) is 4.90 Å². The number of likely N-dealkylation sites (tertiary alicyclic amines) is 1. The summed E-state index contributed by atoms with van der Waals surface area (Å²) in [6.07, 6.45) is 3.04. The molecular weight excluding hydrogens is 320 g/mol. The molecule has 6 nitrogen and oxygen atoms in total. The topological polar surface area (TPSA) is 66.9 Å². The van der Waals surface area contributed by atoms with Gasteiger partial charge < -0.3 is 9.64 Å². The number of carbonyl (C=O) groups excluding carboxylic acids is 3. The van der Waals surface area contributed by atoms with Crippen molar-refractivity contribution in [1.29, 1.82) is 0 Å².